The summed E-state index contributed by atoms with van der Waals surface area (Å²) in [5, 5.41) is 7.13. The average Bonchev–Trinajstić information content (AvgIpc) is 3.08. The van der Waals surface area contributed by atoms with Gasteiger partial charge in [-0.25, -0.2) is 4.98 Å². The van der Waals surface area contributed by atoms with Gasteiger partial charge in [0.25, 0.3) is 0 Å². The van der Waals surface area contributed by atoms with Crippen LogP contribution in [-0.2, 0) is 11.2 Å². The monoisotopic (exact) mass is 285 g/mol. The molecule has 1 atom stereocenters. The second-order valence-corrected chi connectivity index (χ2v) is 5.66. The standard InChI is InChI=1S/C15H19N5O/c1-10-5-14(19-18-10)15-8-16-7-13(17-15)6-12-3-4-20(9-12)11(2)21/h5,7-8,12H,3-4,6,9H2,1-2H3,(H,18,19). The lowest BCUT2D eigenvalue weighted by Crippen LogP contribution is -2.26. The van der Waals surface area contributed by atoms with Crippen molar-refractivity contribution in [2.75, 3.05) is 13.1 Å². The van der Waals surface area contributed by atoms with Gasteiger partial charge in [-0.15, -0.1) is 0 Å². The number of H-pyrrole nitrogens is 1. The third-order valence-electron chi connectivity index (χ3n) is 3.88. The van der Waals surface area contributed by atoms with Crippen LogP contribution in [0, 0.1) is 12.8 Å². The van der Waals surface area contributed by atoms with Gasteiger partial charge < -0.3 is 4.90 Å². The first-order valence-electron chi connectivity index (χ1n) is 7.20. The highest BCUT2D eigenvalue weighted by Gasteiger charge is 2.24. The number of likely N-dealkylation sites (tertiary alicyclic amines) is 1. The van der Waals surface area contributed by atoms with E-state index >= 15 is 0 Å². The molecule has 1 saturated heterocycles. The lowest BCUT2D eigenvalue weighted by Gasteiger charge is -2.13. The van der Waals surface area contributed by atoms with Gasteiger partial charge in [-0.1, -0.05) is 0 Å². The van der Waals surface area contributed by atoms with Gasteiger partial charge in [-0.05, 0) is 31.7 Å². The van der Waals surface area contributed by atoms with Crippen molar-refractivity contribution in [3.8, 4) is 11.4 Å². The van der Waals surface area contributed by atoms with Crippen LogP contribution in [0.5, 0.6) is 0 Å². The van der Waals surface area contributed by atoms with E-state index in [9.17, 15) is 4.79 Å². The maximum absolute atomic E-state index is 11.4. The Labute approximate surface area is 123 Å². The predicted molar refractivity (Wildman–Crippen MR) is 78.4 cm³/mol. The molecule has 0 bridgehead atoms. The average molecular weight is 285 g/mol. The first kappa shape index (κ1) is 13.7. The fourth-order valence-corrected chi connectivity index (χ4v) is 2.76. The lowest BCUT2D eigenvalue weighted by atomic mass is 10.0. The van der Waals surface area contributed by atoms with Gasteiger partial charge in [-0.2, -0.15) is 5.10 Å². The van der Waals surface area contributed by atoms with Crippen LogP contribution in [0.2, 0.25) is 0 Å². The number of carbonyl (C=O) groups is 1. The molecule has 1 N–H and O–H groups in total. The number of nitrogens with one attached hydrogen (secondary N) is 1. The van der Waals surface area contributed by atoms with Crippen LogP contribution in [0.1, 0.15) is 24.7 Å². The molecule has 6 heteroatoms. The van der Waals surface area contributed by atoms with E-state index in [-0.39, 0.29) is 5.91 Å². The minimum absolute atomic E-state index is 0.157. The van der Waals surface area contributed by atoms with Crippen molar-refractivity contribution in [3.05, 3.63) is 29.8 Å². The maximum atomic E-state index is 11.4. The Morgan fingerprint density at radius 3 is 2.95 bits per heavy atom. The number of carbonyl (C=O) groups excluding carboxylic acids is 1. The molecule has 3 rings (SSSR count). The van der Waals surface area contributed by atoms with E-state index in [0.29, 0.717) is 5.92 Å². The zero-order valence-corrected chi connectivity index (χ0v) is 12.3. The van der Waals surface area contributed by atoms with E-state index < -0.39 is 0 Å². The van der Waals surface area contributed by atoms with Gasteiger partial charge in [0.15, 0.2) is 0 Å². The number of hydrogen-bond donors (Lipinski definition) is 1. The third kappa shape index (κ3) is 3.09. The van der Waals surface area contributed by atoms with Crippen molar-refractivity contribution in [1.29, 1.82) is 0 Å². The summed E-state index contributed by atoms with van der Waals surface area (Å²) >= 11 is 0. The second kappa shape index (κ2) is 5.63. The van der Waals surface area contributed by atoms with Crippen LogP contribution in [-0.4, -0.2) is 44.1 Å². The van der Waals surface area contributed by atoms with E-state index in [1.807, 2.05) is 17.9 Å². The molecule has 21 heavy (non-hydrogen) atoms. The van der Waals surface area contributed by atoms with Crippen LogP contribution in [0.3, 0.4) is 0 Å². The Balaban J connectivity index is 1.71. The smallest absolute Gasteiger partial charge is 0.219 e. The van der Waals surface area contributed by atoms with Crippen molar-refractivity contribution in [2.45, 2.75) is 26.7 Å². The zero-order chi connectivity index (χ0) is 14.8. The largest absolute Gasteiger partial charge is 0.343 e. The van der Waals surface area contributed by atoms with E-state index in [0.717, 1.165) is 48.7 Å². The number of rotatable bonds is 3. The van der Waals surface area contributed by atoms with Gasteiger partial charge in [0.2, 0.25) is 5.91 Å². The normalized spacial score (nSPS) is 18.2. The van der Waals surface area contributed by atoms with E-state index in [1.165, 1.54) is 0 Å². The van der Waals surface area contributed by atoms with Crippen molar-refractivity contribution >= 4 is 5.91 Å². The molecule has 0 aromatic carbocycles. The third-order valence-corrected chi connectivity index (χ3v) is 3.88. The van der Waals surface area contributed by atoms with Crippen molar-refractivity contribution in [1.82, 2.24) is 25.1 Å². The number of aryl methyl sites for hydroxylation is 1. The molecule has 2 aromatic heterocycles. The highest BCUT2D eigenvalue weighted by molar-refractivity contribution is 5.73. The fourth-order valence-electron chi connectivity index (χ4n) is 2.76. The molecule has 1 unspecified atom stereocenters. The first-order chi connectivity index (χ1) is 10.1. The summed E-state index contributed by atoms with van der Waals surface area (Å²) in [4.78, 5) is 22.2. The minimum atomic E-state index is 0.157. The van der Waals surface area contributed by atoms with Crippen molar-refractivity contribution in [3.63, 3.8) is 0 Å². The van der Waals surface area contributed by atoms with Crippen LogP contribution < -0.4 is 0 Å². The molecule has 1 fully saturated rings. The topological polar surface area (TPSA) is 74.8 Å². The Morgan fingerprint density at radius 1 is 1.43 bits per heavy atom. The van der Waals surface area contributed by atoms with Crippen LogP contribution in [0.4, 0.5) is 0 Å². The molecule has 110 valence electrons. The summed E-state index contributed by atoms with van der Waals surface area (Å²) in [6, 6.07) is 1.96. The number of aromatic amines is 1. The van der Waals surface area contributed by atoms with Gasteiger partial charge in [0, 0.05) is 31.9 Å². The number of amides is 1. The predicted octanol–water partition coefficient (Wildman–Crippen LogP) is 1.59. The van der Waals surface area contributed by atoms with Crippen molar-refractivity contribution < 1.29 is 4.79 Å². The minimum Gasteiger partial charge on any atom is -0.343 e. The highest BCUT2D eigenvalue weighted by Crippen LogP contribution is 2.21. The molecule has 3 heterocycles. The highest BCUT2D eigenvalue weighted by atomic mass is 16.2. The molecule has 1 aliphatic heterocycles. The molecule has 0 spiro atoms. The lowest BCUT2D eigenvalue weighted by molar-refractivity contribution is -0.127. The summed E-state index contributed by atoms with van der Waals surface area (Å²) in [5.41, 5.74) is 3.57. The van der Waals surface area contributed by atoms with E-state index in [2.05, 4.69) is 20.2 Å². The second-order valence-electron chi connectivity index (χ2n) is 5.66. The molecule has 1 aliphatic rings. The van der Waals surface area contributed by atoms with Crippen LogP contribution in [0.25, 0.3) is 11.4 Å². The molecule has 2 aromatic rings. The van der Waals surface area contributed by atoms with Gasteiger partial charge in [0.05, 0.1) is 11.9 Å². The molecule has 0 radical (unpaired) electrons. The molecular weight excluding hydrogens is 266 g/mol. The van der Waals surface area contributed by atoms with Gasteiger partial charge in [0.1, 0.15) is 11.4 Å². The van der Waals surface area contributed by atoms with Crippen LogP contribution in [0.15, 0.2) is 18.5 Å². The Kier molecular flexibility index (Phi) is 3.68. The van der Waals surface area contributed by atoms with E-state index in [1.54, 1.807) is 19.3 Å². The Morgan fingerprint density at radius 2 is 2.29 bits per heavy atom. The zero-order valence-electron chi connectivity index (χ0n) is 12.3. The summed E-state index contributed by atoms with van der Waals surface area (Å²) in [6.07, 6.45) is 5.43. The van der Waals surface area contributed by atoms with E-state index in [4.69, 9.17) is 0 Å². The summed E-state index contributed by atoms with van der Waals surface area (Å²) < 4.78 is 0. The first-order valence-corrected chi connectivity index (χ1v) is 7.20. The number of nitrogens with zero attached hydrogens (tertiary/aromatic N) is 4. The summed E-state index contributed by atoms with van der Waals surface area (Å²) in [7, 11) is 0. The van der Waals surface area contributed by atoms with Gasteiger partial charge in [-0.3, -0.25) is 14.9 Å². The number of aromatic nitrogens is 4. The van der Waals surface area contributed by atoms with Crippen molar-refractivity contribution in [2.24, 2.45) is 5.92 Å². The van der Waals surface area contributed by atoms with Gasteiger partial charge >= 0.3 is 0 Å². The molecule has 6 nitrogen and oxygen atoms in total. The quantitative estimate of drug-likeness (QED) is 0.929. The maximum Gasteiger partial charge on any atom is 0.219 e. The fraction of sp³-hybridized carbons (Fsp3) is 0.467. The van der Waals surface area contributed by atoms with Crippen LogP contribution >= 0.6 is 0 Å². The summed E-state index contributed by atoms with van der Waals surface area (Å²) in [5.74, 6) is 0.628. The Bertz CT molecular complexity index is 651. The Hall–Kier alpha value is -2.24. The molecule has 0 saturated carbocycles. The molecule has 1 amide bonds. The number of hydrogen-bond acceptors (Lipinski definition) is 4. The molecular formula is C15H19N5O. The SMILES string of the molecule is CC(=O)N1CCC(Cc2cncc(-c3cc(C)[nH]n3)n2)C1. The molecule has 0 aliphatic carbocycles. The summed E-state index contributed by atoms with van der Waals surface area (Å²) in [6.45, 7) is 5.26.